The number of pyridine rings is 1. The highest BCUT2D eigenvalue weighted by molar-refractivity contribution is 5.91. The molecule has 0 bridgehead atoms. The molecular formula is C22H19F4N3O3. The van der Waals surface area contributed by atoms with Gasteiger partial charge in [-0.1, -0.05) is 0 Å². The van der Waals surface area contributed by atoms with Gasteiger partial charge in [-0.2, -0.15) is 13.2 Å². The zero-order chi connectivity index (χ0) is 22.7. The second-order valence-electron chi connectivity index (χ2n) is 7.19. The van der Waals surface area contributed by atoms with E-state index in [0.29, 0.717) is 43.5 Å². The molecule has 3 heterocycles. The summed E-state index contributed by atoms with van der Waals surface area (Å²) in [5, 5.41) is 0. The maximum Gasteiger partial charge on any atom is 0.417 e. The minimum Gasteiger partial charge on any atom is -0.486 e. The van der Waals surface area contributed by atoms with E-state index in [1.165, 1.54) is 30.3 Å². The molecule has 168 valence electrons. The lowest BCUT2D eigenvalue weighted by molar-refractivity contribution is -0.137. The number of amides is 1. The fraction of sp³-hybridized carbons (Fsp3) is 0.273. The van der Waals surface area contributed by atoms with Crippen LogP contribution in [-0.2, 0) is 12.8 Å². The second-order valence-corrected chi connectivity index (χ2v) is 7.19. The predicted octanol–water partition coefficient (Wildman–Crippen LogP) is 4.37. The number of ether oxygens (including phenoxy) is 1. The average molecular weight is 449 g/mol. The molecule has 1 aliphatic rings. The van der Waals surface area contributed by atoms with Crippen molar-refractivity contribution in [3.8, 4) is 5.75 Å². The Hall–Kier alpha value is -3.56. The zero-order valence-corrected chi connectivity index (χ0v) is 16.8. The molecule has 0 aliphatic carbocycles. The molecule has 1 amide bonds. The molecule has 0 radical (unpaired) electrons. The molecule has 1 saturated heterocycles. The molecule has 1 aliphatic heterocycles. The van der Waals surface area contributed by atoms with Gasteiger partial charge in [0.05, 0.1) is 5.56 Å². The number of benzene rings is 1. The largest absolute Gasteiger partial charge is 0.486 e. The first kappa shape index (κ1) is 21.7. The molecule has 0 unspecified atom stereocenters. The number of hydrogen-bond acceptors (Lipinski definition) is 5. The highest BCUT2D eigenvalue weighted by atomic mass is 19.4. The Morgan fingerprint density at radius 1 is 1.00 bits per heavy atom. The van der Waals surface area contributed by atoms with E-state index < -0.39 is 11.7 Å². The number of aromatic nitrogens is 1. The van der Waals surface area contributed by atoms with Crippen molar-refractivity contribution in [2.45, 2.75) is 12.8 Å². The van der Waals surface area contributed by atoms with Gasteiger partial charge in [0.2, 0.25) is 0 Å². The Bertz CT molecular complexity index is 1060. The fourth-order valence-corrected chi connectivity index (χ4v) is 3.29. The van der Waals surface area contributed by atoms with Crippen LogP contribution in [0.1, 0.15) is 21.9 Å². The summed E-state index contributed by atoms with van der Waals surface area (Å²) in [6, 6.07) is 11.1. The lowest BCUT2D eigenvalue weighted by Gasteiger charge is -2.35. The molecule has 10 heteroatoms. The van der Waals surface area contributed by atoms with Crippen molar-refractivity contribution >= 4 is 11.7 Å². The van der Waals surface area contributed by atoms with E-state index in [9.17, 15) is 22.4 Å². The number of hydrogen-bond donors (Lipinski definition) is 0. The Morgan fingerprint density at radius 2 is 1.72 bits per heavy atom. The zero-order valence-electron chi connectivity index (χ0n) is 16.8. The first-order chi connectivity index (χ1) is 15.3. The van der Waals surface area contributed by atoms with Gasteiger partial charge in [-0.3, -0.25) is 4.79 Å². The number of nitrogens with zero attached hydrogens (tertiary/aromatic N) is 3. The summed E-state index contributed by atoms with van der Waals surface area (Å²) in [6.45, 7) is 1.72. The van der Waals surface area contributed by atoms with Crippen molar-refractivity contribution < 1.29 is 31.5 Å². The Labute approximate surface area is 181 Å². The highest BCUT2D eigenvalue weighted by Crippen LogP contribution is 2.29. The van der Waals surface area contributed by atoms with Crippen molar-refractivity contribution in [2.75, 3.05) is 31.1 Å². The summed E-state index contributed by atoms with van der Waals surface area (Å²) in [6.07, 6.45) is -3.62. The summed E-state index contributed by atoms with van der Waals surface area (Å²) in [5.41, 5.74) is -0.799. The third kappa shape index (κ3) is 5.01. The number of rotatable bonds is 5. The van der Waals surface area contributed by atoms with Crippen LogP contribution in [0.25, 0.3) is 0 Å². The predicted molar refractivity (Wildman–Crippen MR) is 107 cm³/mol. The molecule has 1 fully saturated rings. The molecule has 2 aromatic heterocycles. The van der Waals surface area contributed by atoms with Crippen LogP contribution in [0.3, 0.4) is 0 Å². The van der Waals surface area contributed by atoms with E-state index >= 15 is 0 Å². The van der Waals surface area contributed by atoms with Gasteiger partial charge in [0, 0.05) is 32.4 Å². The van der Waals surface area contributed by atoms with Gasteiger partial charge >= 0.3 is 6.18 Å². The van der Waals surface area contributed by atoms with Crippen molar-refractivity contribution in [2.24, 2.45) is 0 Å². The third-order valence-electron chi connectivity index (χ3n) is 5.03. The minimum atomic E-state index is -4.43. The number of piperazine rings is 1. The molecule has 0 spiro atoms. The Balaban J connectivity index is 1.30. The molecule has 0 saturated carbocycles. The summed E-state index contributed by atoms with van der Waals surface area (Å²) < 4.78 is 62.1. The van der Waals surface area contributed by atoms with E-state index in [2.05, 4.69) is 4.98 Å². The first-order valence-corrected chi connectivity index (χ1v) is 9.84. The standard InChI is InChI=1S/C22H19F4N3O3/c23-16-2-4-17(5-3-16)31-14-18-6-7-19(32-18)21(30)29-11-9-28(10-12-29)20-8-1-15(13-27-20)22(24,25)26/h1-8,13H,9-12,14H2. The lowest BCUT2D eigenvalue weighted by atomic mass is 10.2. The van der Waals surface area contributed by atoms with Crippen LogP contribution >= 0.6 is 0 Å². The minimum absolute atomic E-state index is 0.0896. The normalized spacial score (nSPS) is 14.5. The Kier molecular flexibility index (Phi) is 6.02. The molecule has 3 aromatic rings. The van der Waals surface area contributed by atoms with Crippen LogP contribution in [0, 0.1) is 5.82 Å². The number of carbonyl (C=O) groups is 1. The summed E-state index contributed by atoms with van der Waals surface area (Å²) in [4.78, 5) is 20.1. The number of carbonyl (C=O) groups excluding carboxylic acids is 1. The number of furan rings is 1. The second kappa shape index (κ2) is 8.89. The van der Waals surface area contributed by atoms with Crippen molar-refractivity contribution in [1.29, 1.82) is 0 Å². The van der Waals surface area contributed by atoms with Crippen molar-refractivity contribution in [3.63, 3.8) is 0 Å². The van der Waals surface area contributed by atoms with Gasteiger partial charge in [-0.25, -0.2) is 9.37 Å². The average Bonchev–Trinajstić information content (AvgIpc) is 3.27. The summed E-state index contributed by atoms with van der Waals surface area (Å²) in [5.74, 6) is 0.886. The SMILES string of the molecule is O=C(c1ccc(COc2ccc(F)cc2)o1)N1CCN(c2ccc(C(F)(F)F)cn2)CC1. The number of halogens is 4. The molecule has 1 aromatic carbocycles. The molecule has 0 N–H and O–H groups in total. The maximum absolute atomic E-state index is 12.9. The molecular weight excluding hydrogens is 430 g/mol. The number of alkyl halides is 3. The van der Waals surface area contributed by atoms with Gasteiger partial charge in [0.25, 0.3) is 5.91 Å². The monoisotopic (exact) mass is 449 g/mol. The first-order valence-electron chi connectivity index (χ1n) is 9.84. The van der Waals surface area contributed by atoms with Gasteiger partial charge in [0.1, 0.15) is 29.8 Å². The number of anilines is 1. The van der Waals surface area contributed by atoms with Crippen LogP contribution in [0.15, 0.2) is 59.1 Å². The smallest absolute Gasteiger partial charge is 0.417 e. The van der Waals surface area contributed by atoms with E-state index in [-0.39, 0.29) is 24.1 Å². The Morgan fingerprint density at radius 3 is 2.34 bits per heavy atom. The van der Waals surface area contributed by atoms with Crippen molar-refractivity contribution in [3.05, 3.63) is 77.6 Å². The van der Waals surface area contributed by atoms with E-state index in [1.807, 2.05) is 4.90 Å². The van der Waals surface area contributed by atoms with Crippen molar-refractivity contribution in [1.82, 2.24) is 9.88 Å². The van der Waals surface area contributed by atoms with Crippen LogP contribution in [0.5, 0.6) is 5.75 Å². The van der Waals surface area contributed by atoms with Crippen LogP contribution in [-0.4, -0.2) is 42.0 Å². The van der Waals surface area contributed by atoms with Crippen LogP contribution < -0.4 is 9.64 Å². The van der Waals surface area contributed by atoms with Gasteiger partial charge < -0.3 is 19.0 Å². The molecule has 4 rings (SSSR count). The van der Waals surface area contributed by atoms with Gasteiger partial charge in [-0.15, -0.1) is 0 Å². The summed E-state index contributed by atoms with van der Waals surface area (Å²) in [7, 11) is 0. The molecule has 6 nitrogen and oxygen atoms in total. The van der Waals surface area contributed by atoms with E-state index in [4.69, 9.17) is 9.15 Å². The lowest BCUT2D eigenvalue weighted by Crippen LogP contribution is -2.49. The maximum atomic E-state index is 12.9. The quantitative estimate of drug-likeness (QED) is 0.542. The summed E-state index contributed by atoms with van der Waals surface area (Å²) >= 11 is 0. The van der Waals surface area contributed by atoms with Crippen LogP contribution in [0.2, 0.25) is 0 Å². The fourth-order valence-electron chi connectivity index (χ4n) is 3.29. The van der Waals surface area contributed by atoms with E-state index in [1.54, 1.807) is 17.0 Å². The highest BCUT2D eigenvalue weighted by Gasteiger charge is 2.31. The van der Waals surface area contributed by atoms with E-state index in [0.717, 1.165) is 12.3 Å². The third-order valence-corrected chi connectivity index (χ3v) is 5.03. The molecule has 0 atom stereocenters. The topological polar surface area (TPSA) is 58.8 Å². The molecule has 32 heavy (non-hydrogen) atoms. The van der Waals surface area contributed by atoms with Gasteiger partial charge in [0.15, 0.2) is 5.76 Å². The van der Waals surface area contributed by atoms with Gasteiger partial charge in [-0.05, 0) is 48.5 Å². The van der Waals surface area contributed by atoms with Crippen LogP contribution in [0.4, 0.5) is 23.4 Å².